The van der Waals surface area contributed by atoms with E-state index < -0.39 is 11.9 Å². The minimum absolute atomic E-state index is 0.0816. The molecule has 0 aromatic heterocycles. The van der Waals surface area contributed by atoms with Crippen LogP contribution in [0.2, 0.25) is 0 Å². The van der Waals surface area contributed by atoms with Crippen molar-refractivity contribution >= 4 is 23.4 Å². The van der Waals surface area contributed by atoms with Crippen LogP contribution in [0.3, 0.4) is 0 Å². The zero-order chi connectivity index (χ0) is 22.1. The Bertz CT molecular complexity index is 958. The van der Waals surface area contributed by atoms with Gasteiger partial charge < -0.3 is 9.80 Å². The molecule has 3 atom stereocenters. The molecule has 8 heteroatoms. The van der Waals surface area contributed by atoms with Crippen LogP contribution in [0.15, 0.2) is 12.1 Å². The molecule has 0 aliphatic carbocycles. The van der Waals surface area contributed by atoms with Crippen LogP contribution in [0.4, 0.5) is 10.1 Å². The quantitative estimate of drug-likeness (QED) is 0.730. The summed E-state index contributed by atoms with van der Waals surface area (Å²) in [7, 11) is 0. The maximum atomic E-state index is 15.3. The summed E-state index contributed by atoms with van der Waals surface area (Å²) in [5, 5.41) is 2.31. The Kier molecular flexibility index (Phi) is 4.62. The number of halogens is 1. The van der Waals surface area contributed by atoms with Gasteiger partial charge in [0.1, 0.15) is 11.9 Å². The first-order chi connectivity index (χ1) is 14.6. The van der Waals surface area contributed by atoms with Crippen molar-refractivity contribution in [2.75, 3.05) is 18.0 Å². The average molecular weight is 429 g/mol. The van der Waals surface area contributed by atoms with E-state index in [-0.39, 0.29) is 48.2 Å². The molecule has 1 aromatic rings. The van der Waals surface area contributed by atoms with Crippen LogP contribution in [0.25, 0.3) is 0 Å². The lowest BCUT2D eigenvalue weighted by atomic mass is 10.0. The van der Waals surface area contributed by atoms with E-state index in [1.54, 1.807) is 0 Å². The van der Waals surface area contributed by atoms with E-state index in [4.69, 9.17) is 0 Å². The standard InChI is InChI=1S/C23H29FN4O3/c1-23(2,3)26-11-14-4-5-15(12-26)28(14)19-8-13-10-27(22(31)16(13)9-17(19)24)18-6-7-20(29)25-21(18)30/h8-9,14-15,18H,4-7,10-12H2,1-3H3,(H,25,29,30)/t14?,15?,18-/m0/s1. The highest BCUT2D eigenvalue weighted by Crippen LogP contribution is 2.40. The summed E-state index contributed by atoms with van der Waals surface area (Å²) in [6.45, 7) is 8.72. The van der Waals surface area contributed by atoms with Crippen molar-refractivity contribution in [2.45, 2.75) is 76.7 Å². The number of nitrogens with zero attached hydrogens (tertiary/aromatic N) is 3. The van der Waals surface area contributed by atoms with Gasteiger partial charge in [-0.1, -0.05) is 0 Å². The number of carbonyl (C=O) groups excluding carboxylic acids is 3. The number of anilines is 1. The summed E-state index contributed by atoms with van der Waals surface area (Å²) < 4.78 is 15.3. The Morgan fingerprint density at radius 1 is 1.03 bits per heavy atom. The predicted molar refractivity (Wildman–Crippen MR) is 113 cm³/mol. The van der Waals surface area contributed by atoms with Gasteiger partial charge in [-0.15, -0.1) is 0 Å². The number of likely N-dealkylation sites (tertiary alicyclic amines) is 1. The molecule has 2 bridgehead atoms. The fourth-order valence-electron chi connectivity index (χ4n) is 5.62. The van der Waals surface area contributed by atoms with E-state index >= 15 is 4.39 Å². The van der Waals surface area contributed by atoms with Crippen LogP contribution in [-0.4, -0.2) is 64.3 Å². The minimum Gasteiger partial charge on any atom is -0.361 e. The maximum absolute atomic E-state index is 15.3. The second kappa shape index (κ2) is 7.02. The summed E-state index contributed by atoms with van der Waals surface area (Å²) in [5.74, 6) is -1.48. The molecule has 1 N–H and O–H groups in total. The Balaban J connectivity index is 1.41. The van der Waals surface area contributed by atoms with Crippen molar-refractivity contribution in [2.24, 2.45) is 0 Å². The van der Waals surface area contributed by atoms with Crippen LogP contribution >= 0.6 is 0 Å². The molecule has 3 saturated heterocycles. The van der Waals surface area contributed by atoms with Crippen LogP contribution in [0.1, 0.15) is 62.4 Å². The topological polar surface area (TPSA) is 73.0 Å². The fourth-order valence-corrected chi connectivity index (χ4v) is 5.62. The number of hydrogen-bond acceptors (Lipinski definition) is 5. The number of fused-ring (bicyclic) bond motifs is 3. The van der Waals surface area contributed by atoms with Crippen molar-refractivity contribution in [3.8, 4) is 0 Å². The number of amides is 3. The lowest BCUT2D eigenvalue weighted by Gasteiger charge is -2.47. The molecular weight excluding hydrogens is 399 g/mol. The van der Waals surface area contributed by atoms with Crippen LogP contribution in [0, 0.1) is 5.82 Å². The number of piperidine rings is 1. The van der Waals surface area contributed by atoms with E-state index in [0.29, 0.717) is 17.7 Å². The van der Waals surface area contributed by atoms with Gasteiger partial charge in [0.25, 0.3) is 5.91 Å². The highest BCUT2D eigenvalue weighted by molar-refractivity contribution is 6.05. The molecule has 1 aromatic carbocycles. The molecule has 2 unspecified atom stereocenters. The summed E-state index contributed by atoms with van der Waals surface area (Å²) in [6, 6.07) is 2.99. The monoisotopic (exact) mass is 428 g/mol. The first kappa shape index (κ1) is 20.4. The SMILES string of the molecule is CC(C)(C)N1CC2CCC(C1)N2c1cc2c(cc1F)C(=O)N([C@H]1CCC(=O)NC1=O)C2. The number of carbonyl (C=O) groups is 3. The molecule has 4 heterocycles. The van der Waals surface area contributed by atoms with E-state index in [2.05, 4.69) is 35.9 Å². The number of imide groups is 1. The first-order valence-corrected chi connectivity index (χ1v) is 11.1. The van der Waals surface area contributed by atoms with Crippen molar-refractivity contribution in [1.29, 1.82) is 0 Å². The first-order valence-electron chi connectivity index (χ1n) is 11.1. The Morgan fingerprint density at radius 2 is 1.71 bits per heavy atom. The zero-order valence-electron chi connectivity index (χ0n) is 18.3. The fraction of sp³-hybridized carbons (Fsp3) is 0.609. The normalized spacial score (nSPS) is 28.9. The Labute approximate surface area is 181 Å². The van der Waals surface area contributed by atoms with Gasteiger partial charge in [-0.05, 0) is 57.7 Å². The van der Waals surface area contributed by atoms with Gasteiger partial charge in [0.2, 0.25) is 11.8 Å². The molecular formula is C23H29FN4O3. The predicted octanol–water partition coefficient (Wildman–Crippen LogP) is 2.04. The molecule has 3 fully saturated rings. The zero-order valence-corrected chi connectivity index (χ0v) is 18.3. The molecule has 4 aliphatic rings. The summed E-state index contributed by atoms with van der Waals surface area (Å²) in [5.41, 5.74) is 1.73. The number of hydrogen-bond donors (Lipinski definition) is 1. The van der Waals surface area contributed by atoms with Crippen molar-refractivity contribution in [3.63, 3.8) is 0 Å². The molecule has 0 radical (unpaired) electrons. The summed E-state index contributed by atoms with van der Waals surface area (Å²) >= 11 is 0. The minimum atomic E-state index is -0.685. The number of nitrogens with one attached hydrogen (secondary N) is 1. The van der Waals surface area contributed by atoms with E-state index in [9.17, 15) is 14.4 Å². The summed E-state index contributed by atoms with van der Waals surface area (Å²) in [6.07, 6.45) is 2.58. The van der Waals surface area contributed by atoms with Crippen molar-refractivity contribution in [3.05, 3.63) is 29.1 Å². The van der Waals surface area contributed by atoms with Gasteiger partial charge in [-0.2, -0.15) is 0 Å². The van der Waals surface area contributed by atoms with Crippen LogP contribution < -0.4 is 10.2 Å². The molecule has 7 nitrogen and oxygen atoms in total. The molecule has 0 spiro atoms. The van der Waals surface area contributed by atoms with Crippen molar-refractivity contribution in [1.82, 2.24) is 15.1 Å². The third-order valence-corrected chi connectivity index (χ3v) is 7.30. The maximum Gasteiger partial charge on any atom is 0.255 e. The third-order valence-electron chi connectivity index (χ3n) is 7.30. The van der Waals surface area contributed by atoms with Gasteiger partial charge in [-0.25, -0.2) is 4.39 Å². The number of rotatable bonds is 2. The molecule has 166 valence electrons. The number of benzene rings is 1. The highest BCUT2D eigenvalue weighted by Gasteiger charge is 2.45. The average Bonchev–Trinajstić information content (AvgIpc) is 3.12. The second-order valence-electron chi connectivity index (χ2n) is 10.2. The molecule has 0 saturated carbocycles. The summed E-state index contributed by atoms with van der Waals surface area (Å²) in [4.78, 5) is 42.8. The largest absolute Gasteiger partial charge is 0.361 e. The van der Waals surface area contributed by atoms with E-state index in [1.165, 1.54) is 11.0 Å². The molecule has 31 heavy (non-hydrogen) atoms. The van der Waals surface area contributed by atoms with Crippen molar-refractivity contribution < 1.29 is 18.8 Å². The van der Waals surface area contributed by atoms with E-state index in [1.807, 2.05) is 6.07 Å². The van der Waals surface area contributed by atoms with Crippen LogP contribution in [-0.2, 0) is 16.1 Å². The van der Waals surface area contributed by atoms with Gasteiger partial charge in [0, 0.05) is 49.2 Å². The third kappa shape index (κ3) is 3.32. The van der Waals surface area contributed by atoms with Gasteiger partial charge >= 0.3 is 0 Å². The lowest BCUT2D eigenvalue weighted by Crippen LogP contribution is -2.59. The van der Waals surface area contributed by atoms with Gasteiger partial charge in [0.05, 0.1) is 5.69 Å². The van der Waals surface area contributed by atoms with Gasteiger partial charge in [-0.3, -0.25) is 24.6 Å². The molecule has 3 amide bonds. The molecule has 5 rings (SSSR count). The lowest BCUT2D eigenvalue weighted by molar-refractivity contribution is -0.136. The van der Waals surface area contributed by atoms with Gasteiger partial charge in [0.15, 0.2) is 0 Å². The number of piperazine rings is 1. The highest BCUT2D eigenvalue weighted by atomic mass is 19.1. The second-order valence-corrected chi connectivity index (χ2v) is 10.2. The van der Waals surface area contributed by atoms with E-state index in [0.717, 1.165) is 31.5 Å². The smallest absolute Gasteiger partial charge is 0.255 e. The van der Waals surface area contributed by atoms with Crippen LogP contribution in [0.5, 0.6) is 0 Å². The molecule has 4 aliphatic heterocycles. The Hall–Kier alpha value is -2.48. The Morgan fingerprint density at radius 3 is 2.32 bits per heavy atom.